The fraction of sp³-hybridized carbons (Fsp3) is 0.455. The van der Waals surface area contributed by atoms with Gasteiger partial charge in [-0.05, 0) is 60.3 Å². The first-order chi connectivity index (χ1) is 7.82. The summed E-state index contributed by atoms with van der Waals surface area (Å²) in [6, 6.07) is 4.66. The normalized spacial score (nSPS) is 18.7. The van der Waals surface area contributed by atoms with Gasteiger partial charge in [-0.1, -0.05) is 0 Å². The van der Waals surface area contributed by atoms with Crippen molar-refractivity contribution in [3.63, 3.8) is 0 Å². The third kappa shape index (κ3) is 2.64. The van der Waals surface area contributed by atoms with Crippen LogP contribution in [-0.4, -0.2) is 14.0 Å². The Morgan fingerprint density at radius 3 is 2.53 bits per heavy atom. The Bertz CT molecular complexity index is 538. The van der Waals surface area contributed by atoms with E-state index >= 15 is 0 Å². The van der Waals surface area contributed by atoms with Gasteiger partial charge in [0, 0.05) is 15.7 Å². The predicted molar refractivity (Wildman–Crippen MR) is 71.1 cm³/mol. The van der Waals surface area contributed by atoms with Crippen molar-refractivity contribution >= 4 is 31.6 Å². The number of nitrogens with two attached hydrogens (primary N) is 1. The van der Waals surface area contributed by atoms with Gasteiger partial charge in [-0.2, -0.15) is 0 Å². The number of anilines is 1. The summed E-state index contributed by atoms with van der Waals surface area (Å²) in [6.45, 7) is 1.93. The average molecular weight is 319 g/mol. The van der Waals surface area contributed by atoms with Crippen LogP contribution >= 0.6 is 15.9 Å². The summed E-state index contributed by atoms with van der Waals surface area (Å²) >= 11 is 3.24. The van der Waals surface area contributed by atoms with Gasteiger partial charge < -0.3 is 5.73 Å². The quantitative estimate of drug-likeness (QED) is 0.840. The van der Waals surface area contributed by atoms with E-state index in [4.69, 9.17) is 5.73 Å². The summed E-state index contributed by atoms with van der Waals surface area (Å²) in [4.78, 5) is 0.214. The molecule has 0 bridgehead atoms. The molecule has 0 amide bonds. The molecule has 17 heavy (non-hydrogen) atoms. The van der Waals surface area contributed by atoms with Crippen molar-refractivity contribution in [1.82, 2.24) is 4.72 Å². The molecule has 94 valence electrons. The van der Waals surface area contributed by atoms with Crippen LogP contribution in [0.3, 0.4) is 0 Å². The molecule has 3 N–H and O–H groups in total. The van der Waals surface area contributed by atoms with Crippen molar-refractivity contribution in [3.8, 4) is 0 Å². The second-order valence-electron chi connectivity index (χ2n) is 4.70. The second-order valence-corrected chi connectivity index (χ2v) is 7.24. The van der Waals surface area contributed by atoms with E-state index in [2.05, 4.69) is 20.7 Å². The van der Waals surface area contributed by atoms with E-state index < -0.39 is 10.0 Å². The topological polar surface area (TPSA) is 72.2 Å². The number of sulfonamides is 1. The lowest BCUT2D eigenvalue weighted by atomic mass is 9.80. The molecule has 0 heterocycles. The lowest BCUT2D eigenvalue weighted by Gasteiger charge is -2.38. The summed E-state index contributed by atoms with van der Waals surface area (Å²) in [5.74, 6) is 0. The van der Waals surface area contributed by atoms with Crippen molar-refractivity contribution < 1.29 is 8.42 Å². The molecule has 0 aromatic heterocycles. The number of rotatable bonds is 3. The van der Waals surface area contributed by atoms with E-state index in [0.29, 0.717) is 10.2 Å². The highest BCUT2D eigenvalue weighted by Crippen LogP contribution is 2.33. The van der Waals surface area contributed by atoms with Crippen LogP contribution in [0.4, 0.5) is 5.69 Å². The van der Waals surface area contributed by atoms with Crippen LogP contribution in [0, 0.1) is 0 Å². The number of halogens is 1. The molecule has 0 saturated heterocycles. The zero-order chi connectivity index (χ0) is 12.7. The number of nitrogen functional groups attached to an aromatic ring is 1. The first kappa shape index (κ1) is 12.9. The van der Waals surface area contributed by atoms with Crippen molar-refractivity contribution in [2.75, 3.05) is 5.73 Å². The minimum Gasteiger partial charge on any atom is -0.398 e. The number of nitrogens with one attached hydrogen (secondary N) is 1. The molecular weight excluding hydrogens is 304 g/mol. The molecule has 1 saturated carbocycles. The van der Waals surface area contributed by atoms with Gasteiger partial charge in [-0.3, -0.25) is 0 Å². The summed E-state index contributed by atoms with van der Waals surface area (Å²) in [5, 5.41) is 0. The molecule has 0 unspecified atom stereocenters. The van der Waals surface area contributed by atoms with Gasteiger partial charge in [0.15, 0.2) is 0 Å². The minimum atomic E-state index is -3.47. The molecule has 4 nitrogen and oxygen atoms in total. The summed E-state index contributed by atoms with van der Waals surface area (Å²) < 4.78 is 27.7. The molecule has 1 aliphatic rings. The highest BCUT2D eigenvalue weighted by Gasteiger charge is 2.36. The molecule has 6 heteroatoms. The van der Waals surface area contributed by atoms with E-state index in [1.54, 1.807) is 12.1 Å². The molecule has 0 atom stereocenters. The van der Waals surface area contributed by atoms with Crippen LogP contribution in [0.2, 0.25) is 0 Å². The largest absolute Gasteiger partial charge is 0.398 e. The zero-order valence-electron chi connectivity index (χ0n) is 9.53. The Labute approximate surface area is 110 Å². The molecular formula is C11H15BrN2O2S. The van der Waals surface area contributed by atoms with Crippen LogP contribution in [0.1, 0.15) is 26.2 Å². The smallest absolute Gasteiger partial charge is 0.241 e. The summed E-state index contributed by atoms with van der Waals surface area (Å²) in [7, 11) is -3.47. The van der Waals surface area contributed by atoms with E-state index in [1.807, 2.05) is 6.92 Å². The van der Waals surface area contributed by atoms with Gasteiger partial charge in [0.2, 0.25) is 10.0 Å². The third-order valence-corrected chi connectivity index (χ3v) is 5.47. The lowest BCUT2D eigenvalue weighted by Crippen LogP contribution is -2.50. The number of benzene rings is 1. The molecule has 0 radical (unpaired) electrons. The van der Waals surface area contributed by atoms with E-state index in [1.165, 1.54) is 6.07 Å². The average Bonchev–Trinajstić information content (AvgIpc) is 2.19. The molecule has 1 aliphatic carbocycles. The highest BCUT2D eigenvalue weighted by atomic mass is 79.9. The Kier molecular flexibility index (Phi) is 3.22. The van der Waals surface area contributed by atoms with Gasteiger partial charge in [-0.25, -0.2) is 13.1 Å². The van der Waals surface area contributed by atoms with Crippen molar-refractivity contribution in [3.05, 3.63) is 22.7 Å². The maximum absolute atomic E-state index is 12.1. The van der Waals surface area contributed by atoms with Gasteiger partial charge >= 0.3 is 0 Å². The van der Waals surface area contributed by atoms with Gasteiger partial charge in [0.25, 0.3) is 0 Å². The second kappa shape index (κ2) is 4.26. The fourth-order valence-corrected chi connectivity index (χ4v) is 3.63. The number of hydrogen-bond donors (Lipinski definition) is 2. The first-order valence-electron chi connectivity index (χ1n) is 5.41. The van der Waals surface area contributed by atoms with E-state index in [-0.39, 0.29) is 10.4 Å². The third-order valence-electron chi connectivity index (χ3n) is 3.12. The van der Waals surface area contributed by atoms with Crippen LogP contribution in [0.5, 0.6) is 0 Å². The SMILES string of the molecule is CC1(NS(=O)(=O)c2ccc(Br)c(N)c2)CCC1. The Balaban J connectivity index is 2.28. The van der Waals surface area contributed by atoms with Crippen molar-refractivity contribution in [1.29, 1.82) is 0 Å². The van der Waals surface area contributed by atoms with Crippen LogP contribution in [0.15, 0.2) is 27.6 Å². The lowest BCUT2D eigenvalue weighted by molar-refractivity contribution is 0.248. The van der Waals surface area contributed by atoms with E-state index in [9.17, 15) is 8.42 Å². The molecule has 1 aromatic carbocycles. The van der Waals surface area contributed by atoms with Gasteiger partial charge in [0.1, 0.15) is 0 Å². The monoisotopic (exact) mass is 318 g/mol. The predicted octanol–water partition coefficient (Wildman–Crippen LogP) is 2.25. The van der Waals surface area contributed by atoms with Gasteiger partial charge in [0.05, 0.1) is 4.90 Å². The Morgan fingerprint density at radius 1 is 1.41 bits per heavy atom. The van der Waals surface area contributed by atoms with Crippen molar-refractivity contribution in [2.45, 2.75) is 36.6 Å². The van der Waals surface area contributed by atoms with Crippen LogP contribution < -0.4 is 10.5 Å². The van der Waals surface area contributed by atoms with Crippen LogP contribution in [-0.2, 0) is 10.0 Å². The van der Waals surface area contributed by atoms with Crippen LogP contribution in [0.25, 0.3) is 0 Å². The highest BCUT2D eigenvalue weighted by molar-refractivity contribution is 9.10. The standard InChI is InChI=1S/C11H15BrN2O2S/c1-11(5-2-6-11)14-17(15,16)8-3-4-9(12)10(13)7-8/h3-4,7,14H,2,5-6,13H2,1H3. The van der Waals surface area contributed by atoms with E-state index in [0.717, 1.165) is 19.3 Å². The molecule has 1 fully saturated rings. The molecule has 1 aromatic rings. The van der Waals surface area contributed by atoms with Crippen molar-refractivity contribution in [2.24, 2.45) is 0 Å². The first-order valence-corrected chi connectivity index (χ1v) is 7.69. The zero-order valence-corrected chi connectivity index (χ0v) is 11.9. The molecule has 0 spiro atoms. The molecule has 0 aliphatic heterocycles. The summed E-state index contributed by atoms with van der Waals surface area (Å²) in [5.41, 5.74) is 5.82. The van der Waals surface area contributed by atoms with Gasteiger partial charge in [-0.15, -0.1) is 0 Å². The fourth-order valence-electron chi connectivity index (χ4n) is 1.88. The summed E-state index contributed by atoms with van der Waals surface area (Å²) in [6.07, 6.45) is 2.85. The Morgan fingerprint density at radius 2 is 2.06 bits per heavy atom. The minimum absolute atomic E-state index is 0.214. The molecule has 2 rings (SSSR count). The maximum Gasteiger partial charge on any atom is 0.241 e. The number of hydrogen-bond acceptors (Lipinski definition) is 3. The Hall–Kier alpha value is -0.590. The maximum atomic E-state index is 12.1.